The summed E-state index contributed by atoms with van der Waals surface area (Å²) in [7, 11) is 0. The van der Waals surface area contributed by atoms with E-state index in [2.05, 4.69) is 41.6 Å². The fourth-order valence-corrected chi connectivity index (χ4v) is 3.91. The Morgan fingerprint density at radius 2 is 1.77 bits per heavy atom. The average molecular weight is 419 g/mol. The van der Waals surface area contributed by atoms with E-state index in [1.807, 2.05) is 42.5 Å². The molecule has 4 aromatic rings. The van der Waals surface area contributed by atoms with Crippen LogP contribution < -0.4 is 5.32 Å². The Balaban J connectivity index is 1.73. The van der Waals surface area contributed by atoms with Crippen LogP contribution in [0.3, 0.4) is 0 Å². The van der Waals surface area contributed by atoms with Crippen LogP contribution in [0.2, 0.25) is 5.02 Å². The van der Waals surface area contributed by atoms with Crippen LogP contribution in [0.1, 0.15) is 35.9 Å². The van der Waals surface area contributed by atoms with Crippen LogP contribution >= 0.6 is 11.6 Å². The quantitative estimate of drug-likeness (QED) is 0.463. The first-order valence-electron chi connectivity index (χ1n) is 9.84. The van der Waals surface area contributed by atoms with Crippen molar-refractivity contribution in [3.63, 3.8) is 0 Å². The number of rotatable bonds is 6. The number of hydrogen-bond donors (Lipinski definition) is 1. The van der Waals surface area contributed by atoms with Gasteiger partial charge in [-0.25, -0.2) is 4.68 Å². The molecule has 0 bridgehead atoms. The number of hydrogen-bond acceptors (Lipinski definition) is 3. The van der Waals surface area contributed by atoms with Crippen molar-refractivity contribution in [3.8, 4) is 0 Å². The molecule has 1 unspecified atom stereocenters. The van der Waals surface area contributed by atoms with Gasteiger partial charge in [0, 0.05) is 16.0 Å². The summed E-state index contributed by atoms with van der Waals surface area (Å²) in [5.74, 6) is -0.205. The van der Waals surface area contributed by atoms with Gasteiger partial charge in [0.05, 0.1) is 5.52 Å². The number of aromatic nitrogens is 3. The Hall–Kier alpha value is -3.18. The molecule has 1 N–H and O–H groups in total. The van der Waals surface area contributed by atoms with Gasteiger partial charge in [0.2, 0.25) is 0 Å². The maximum Gasteiger partial charge on any atom is 0.252 e. The highest BCUT2D eigenvalue weighted by atomic mass is 35.5. The van der Waals surface area contributed by atoms with Gasteiger partial charge in [-0.15, -0.1) is 5.10 Å². The molecule has 152 valence electrons. The van der Waals surface area contributed by atoms with Gasteiger partial charge in [0.1, 0.15) is 11.7 Å². The molecule has 0 aliphatic heterocycles. The lowest BCUT2D eigenvalue weighted by molar-refractivity contribution is 0.0823. The number of nitrogens with one attached hydrogen (secondary N) is 1. The molecule has 1 amide bonds. The summed E-state index contributed by atoms with van der Waals surface area (Å²) in [6.07, 6.45) is 0.333. The maximum atomic E-state index is 13.1. The Kier molecular flexibility index (Phi) is 5.55. The van der Waals surface area contributed by atoms with E-state index in [9.17, 15) is 4.79 Å². The molecule has 0 saturated heterocycles. The van der Waals surface area contributed by atoms with E-state index in [4.69, 9.17) is 11.6 Å². The van der Waals surface area contributed by atoms with Crippen LogP contribution in [-0.4, -0.2) is 20.9 Å². The largest absolute Gasteiger partial charge is 0.330 e. The Labute approximate surface area is 180 Å². The van der Waals surface area contributed by atoms with Crippen molar-refractivity contribution in [1.29, 1.82) is 0 Å². The standard InChI is InChI=1S/C24H23ClN4O/c1-24(2,16-17-9-4-3-5-10-17)23(26-22(30)18-11-8-12-19(25)15-18)29-21-14-7-6-13-20(21)27-28-29/h3-15,23H,16H2,1-2H3,(H,26,30). The summed E-state index contributed by atoms with van der Waals surface area (Å²) in [5, 5.41) is 12.4. The van der Waals surface area contributed by atoms with Gasteiger partial charge in [-0.05, 0) is 42.3 Å². The van der Waals surface area contributed by atoms with Crippen molar-refractivity contribution in [1.82, 2.24) is 20.3 Å². The number of benzene rings is 3. The molecule has 30 heavy (non-hydrogen) atoms. The molecule has 6 heteroatoms. The first kappa shape index (κ1) is 20.1. The summed E-state index contributed by atoms with van der Waals surface area (Å²) < 4.78 is 1.81. The van der Waals surface area contributed by atoms with E-state index in [1.165, 1.54) is 5.56 Å². The van der Waals surface area contributed by atoms with E-state index >= 15 is 0 Å². The zero-order valence-electron chi connectivity index (χ0n) is 16.9. The smallest absolute Gasteiger partial charge is 0.252 e. The second-order valence-electron chi connectivity index (χ2n) is 8.06. The third-order valence-corrected chi connectivity index (χ3v) is 5.45. The molecule has 5 nitrogen and oxygen atoms in total. The fourth-order valence-electron chi connectivity index (χ4n) is 3.72. The zero-order chi connectivity index (χ0) is 21.1. The van der Waals surface area contributed by atoms with Gasteiger partial charge >= 0.3 is 0 Å². The van der Waals surface area contributed by atoms with E-state index < -0.39 is 6.17 Å². The second-order valence-corrected chi connectivity index (χ2v) is 8.50. The fraction of sp³-hybridized carbons (Fsp3) is 0.208. The zero-order valence-corrected chi connectivity index (χ0v) is 17.7. The second kappa shape index (κ2) is 8.28. The minimum absolute atomic E-state index is 0.205. The minimum atomic E-state index is -0.420. The van der Waals surface area contributed by atoms with Crippen LogP contribution in [0.4, 0.5) is 0 Å². The van der Waals surface area contributed by atoms with Gasteiger partial charge in [-0.3, -0.25) is 4.79 Å². The third kappa shape index (κ3) is 4.21. The van der Waals surface area contributed by atoms with E-state index in [-0.39, 0.29) is 11.3 Å². The summed E-state index contributed by atoms with van der Waals surface area (Å²) in [4.78, 5) is 13.1. The van der Waals surface area contributed by atoms with Crippen LogP contribution in [0, 0.1) is 5.41 Å². The molecule has 0 aliphatic rings. The van der Waals surface area contributed by atoms with Crippen molar-refractivity contribution in [2.75, 3.05) is 0 Å². The van der Waals surface area contributed by atoms with Gasteiger partial charge in [0.15, 0.2) is 0 Å². The van der Waals surface area contributed by atoms with Crippen molar-refractivity contribution < 1.29 is 4.79 Å². The first-order valence-corrected chi connectivity index (χ1v) is 10.2. The first-order chi connectivity index (χ1) is 14.4. The van der Waals surface area contributed by atoms with Gasteiger partial charge in [0.25, 0.3) is 5.91 Å². The van der Waals surface area contributed by atoms with E-state index in [1.54, 1.807) is 28.9 Å². The molecular formula is C24H23ClN4O. The Morgan fingerprint density at radius 1 is 1.03 bits per heavy atom. The molecule has 0 spiro atoms. The lowest BCUT2D eigenvalue weighted by atomic mass is 9.82. The number of para-hydroxylation sites is 1. The predicted octanol–water partition coefficient (Wildman–Crippen LogP) is 5.28. The lowest BCUT2D eigenvalue weighted by Gasteiger charge is -2.35. The molecule has 1 heterocycles. The normalized spacial score (nSPS) is 12.6. The molecule has 0 saturated carbocycles. The number of carbonyl (C=O) groups excluding carboxylic acids is 1. The monoisotopic (exact) mass is 418 g/mol. The van der Waals surface area contributed by atoms with Crippen molar-refractivity contribution in [2.24, 2.45) is 5.41 Å². The van der Waals surface area contributed by atoms with E-state index in [0.29, 0.717) is 10.6 Å². The number of amides is 1. The Bertz CT molecular complexity index is 1170. The molecule has 0 aliphatic carbocycles. The van der Waals surface area contributed by atoms with Crippen molar-refractivity contribution >= 4 is 28.5 Å². The number of carbonyl (C=O) groups is 1. The van der Waals surface area contributed by atoms with Crippen LogP contribution in [0.25, 0.3) is 11.0 Å². The molecular weight excluding hydrogens is 396 g/mol. The SMILES string of the molecule is CC(C)(Cc1ccccc1)C(NC(=O)c1cccc(Cl)c1)n1nnc2ccccc21. The van der Waals surface area contributed by atoms with Gasteiger partial charge < -0.3 is 5.32 Å². The number of nitrogens with zero attached hydrogens (tertiary/aromatic N) is 3. The third-order valence-electron chi connectivity index (χ3n) is 5.22. The van der Waals surface area contributed by atoms with Crippen LogP contribution in [0.5, 0.6) is 0 Å². The highest BCUT2D eigenvalue weighted by molar-refractivity contribution is 6.30. The summed E-state index contributed by atoms with van der Waals surface area (Å²) in [6, 6.07) is 24.9. The summed E-state index contributed by atoms with van der Waals surface area (Å²) in [5.41, 5.74) is 3.00. The molecule has 1 aromatic heterocycles. The molecule has 4 rings (SSSR count). The molecule has 3 aromatic carbocycles. The van der Waals surface area contributed by atoms with Crippen molar-refractivity contribution in [2.45, 2.75) is 26.4 Å². The van der Waals surface area contributed by atoms with Crippen molar-refractivity contribution in [3.05, 3.63) is 95.0 Å². The summed E-state index contributed by atoms with van der Waals surface area (Å²) in [6.45, 7) is 4.25. The van der Waals surface area contributed by atoms with Crippen LogP contribution in [-0.2, 0) is 6.42 Å². The molecule has 0 radical (unpaired) electrons. The topological polar surface area (TPSA) is 59.8 Å². The maximum absolute atomic E-state index is 13.1. The number of fused-ring (bicyclic) bond motifs is 1. The molecule has 1 atom stereocenters. The highest BCUT2D eigenvalue weighted by Crippen LogP contribution is 2.34. The molecule has 0 fully saturated rings. The average Bonchev–Trinajstić information content (AvgIpc) is 3.16. The van der Waals surface area contributed by atoms with Gasteiger partial charge in [-0.1, -0.05) is 79.2 Å². The van der Waals surface area contributed by atoms with E-state index in [0.717, 1.165) is 17.5 Å². The number of halogens is 1. The van der Waals surface area contributed by atoms with Crippen LogP contribution in [0.15, 0.2) is 78.9 Å². The van der Waals surface area contributed by atoms with Gasteiger partial charge in [-0.2, -0.15) is 0 Å². The highest BCUT2D eigenvalue weighted by Gasteiger charge is 2.34. The summed E-state index contributed by atoms with van der Waals surface area (Å²) >= 11 is 6.09. The minimum Gasteiger partial charge on any atom is -0.330 e. The lowest BCUT2D eigenvalue weighted by Crippen LogP contribution is -2.43. The predicted molar refractivity (Wildman–Crippen MR) is 119 cm³/mol. The Morgan fingerprint density at radius 3 is 2.53 bits per heavy atom.